The van der Waals surface area contributed by atoms with Crippen molar-refractivity contribution in [1.29, 1.82) is 0 Å². The van der Waals surface area contributed by atoms with Crippen LogP contribution in [0.1, 0.15) is 56.6 Å². The predicted molar refractivity (Wildman–Crippen MR) is 108 cm³/mol. The summed E-state index contributed by atoms with van der Waals surface area (Å²) < 4.78 is 32.2. The molecule has 6 nitrogen and oxygen atoms in total. The van der Waals surface area contributed by atoms with Gasteiger partial charge in [-0.25, -0.2) is 8.78 Å². The van der Waals surface area contributed by atoms with Gasteiger partial charge in [0.05, 0.1) is 5.69 Å². The fourth-order valence-electron chi connectivity index (χ4n) is 4.91. The fourth-order valence-corrected chi connectivity index (χ4v) is 4.91. The van der Waals surface area contributed by atoms with Gasteiger partial charge in [-0.2, -0.15) is 0 Å². The third-order valence-electron chi connectivity index (χ3n) is 6.72. The number of aromatic nitrogens is 1. The molecule has 2 aliphatic rings. The molecule has 0 radical (unpaired) electrons. The second-order valence-corrected chi connectivity index (χ2v) is 8.68. The van der Waals surface area contributed by atoms with Crippen LogP contribution >= 0.6 is 0 Å². The summed E-state index contributed by atoms with van der Waals surface area (Å²) in [6.07, 6.45) is 7.20. The molecular formula is C22H29F2N3O3. The lowest BCUT2D eigenvalue weighted by molar-refractivity contribution is -0.124. The monoisotopic (exact) mass is 421 g/mol. The maximum absolute atomic E-state index is 13.6. The number of nitrogens with zero attached hydrogens (tertiary/aromatic N) is 2. The van der Waals surface area contributed by atoms with E-state index < -0.39 is 18.2 Å². The topological polar surface area (TPSA) is 78.6 Å². The molecule has 4 rings (SSSR count). The Hall–Kier alpha value is -2.06. The van der Waals surface area contributed by atoms with Crippen LogP contribution in [-0.4, -0.2) is 53.4 Å². The molecule has 0 unspecified atom stereocenters. The Balaban J connectivity index is 1.22. The molecule has 30 heavy (non-hydrogen) atoms. The van der Waals surface area contributed by atoms with Gasteiger partial charge in [0.1, 0.15) is 6.61 Å². The first kappa shape index (κ1) is 21.2. The van der Waals surface area contributed by atoms with Gasteiger partial charge >= 0.3 is 0 Å². The van der Waals surface area contributed by atoms with Crippen molar-refractivity contribution in [1.82, 2.24) is 15.4 Å². The van der Waals surface area contributed by atoms with Crippen molar-refractivity contribution in [3.05, 3.63) is 29.5 Å². The number of carbonyl (C=O) groups is 1. The maximum Gasteiger partial charge on any atom is 0.245 e. The fraction of sp³-hybridized carbons (Fsp3) is 0.636. The van der Waals surface area contributed by atoms with E-state index in [0.717, 1.165) is 76.3 Å². The molecule has 1 aliphatic carbocycles. The number of halogens is 2. The van der Waals surface area contributed by atoms with Crippen LogP contribution in [0.4, 0.5) is 8.78 Å². The molecule has 2 fully saturated rings. The highest BCUT2D eigenvalue weighted by Crippen LogP contribution is 2.34. The van der Waals surface area contributed by atoms with Gasteiger partial charge in [-0.1, -0.05) is 5.16 Å². The Kier molecular flexibility index (Phi) is 6.63. The van der Waals surface area contributed by atoms with E-state index in [9.17, 15) is 13.6 Å². The largest absolute Gasteiger partial charge is 0.387 e. The molecule has 8 heteroatoms. The predicted octanol–water partition coefficient (Wildman–Crippen LogP) is 3.34. The zero-order chi connectivity index (χ0) is 21.1. The van der Waals surface area contributed by atoms with Crippen molar-refractivity contribution in [2.45, 2.75) is 56.9 Å². The molecule has 0 spiro atoms. The highest BCUT2D eigenvalue weighted by molar-refractivity contribution is 5.80. The van der Waals surface area contributed by atoms with Crippen LogP contribution in [0.3, 0.4) is 0 Å². The Morgan fingerprint density at radius 1 is 1.13 bits per heavy atom. The quantitative estimate of drug-likeness (QED) is 0.748. The van der Waals surface area contributed by atoms with Crippen LogP contribution in [-0.2, 0) is 4.79 Å². The van der Waals surface area contributed by atoms with Gasteiger partial charge in [0, 0.05) is 23.4 Å². The zero-order valence-corrected chi connectivity index (χ0v) is 17.1. The molecule has 2 heterocycles. The summed E-state index contributed by atoms with van der Waals surface area (Å²) in [6.45, 7) is 2.55. The Labute approximate surface area is 174 Å². The Bertz CT molecular complexity index is 872. The molecule has 1 saturated carbocycles. The maximum atomic E-state index is 13.6. The number of benzene rings is 1. The Morgan fingerprint density at radius 3 is 2.53 bits per heavy atom. The smallest absolute Gasteiger partial charge is 0.245 e. The van der Waals surface area contributed by atoms with Gasteiger partial charge in [0.25, 0.3) is 0 Å². The van der Waals surface area contributed by atoms with E-state index in [1.165, 1.54) is 6.07 Å². The summed E-state index contributed by atoms with van der Waals surface area (Å²) >= 11 is 0. The highest BCUT2D eigenvalue weighted by atomic mass is 19.2. The summed E-state index contributed by atoms with van der Waals surface area (Å²) in [5.74, 6) is -1.17. The number of rotatable bonds is 6. The lowest BCUT2D eigenvalue weighted by atomic mass is 9.83. The van der Waals surface area contributed by atoms with Gasteiger partial charge in [0.15, 0.2) is 17.2 Å². The van der Waals surface area contributed by atoms with Crippen LogP contribution in [0.25, 0.3) is 11.0 Å². The van der Waals surface area contributed by atoms with E-state index in [4.69, 9.17) is 9.63 Å². The molecule has 1 saturated heterocycles. The summed E-state index contributed by atoms with van der Waals surface area (Å²) in [4.78, 5) is 13.8. The number of nitrogens with one attached hydrogen (secondary N) is 1. The van der Waals surface area contributed by atoms with Crippen molar-refractivity contribution in [2.24, 2.45) is 5.92 Å². The van der Waals surface area contributed by atoms with E-state index in [1.807, 2.05) is 0 Å². The summed E-state index contributed by atoms with van der Waals surface area (Å²) in [7, 11) is 0. The number of aliphatic hydroxyl groups is 1. The molecule has 2 aromatic rings. The lowest BCUT2D eigenvalue weighted by Gasteiger charge is -2.34. The van der Waals surface area contributed by atoms with Gasteiger partial charge in [0.2, 0.25) is 5.91 Å². The standard InChI is InChI=1S/C22H29F2N3O3/c23-18-11-17-20(12-19(18)24)30-26-22(17)15-6-9-27(10-7-15)8-5-14-1-3-16(4-2-14)25-21(29)13-28/h11-12,14-16,28H,1-10,13H2,(H,25,29)/t14-,16-. The van der Waals surface area contributed by atoms with Gasteiger partial charge in [-0.05, 0) is 76.6 Å². The number of carbonyl (C=O) groups excluding carboxylic acids is 1. The molecule has 0 atom stereocenters. The lowest BCUT2D eigenvalue weighted by Crippen LogP contribution is -2.39. The third-order valence-corrected chi connectivity index (χ3v) is 6.72. The van der Waals surface area contributed by atoms with Crippen molar-refractivity contribution in [3.8, 4) is 0 Å². The molecule has 1 aromatic heterocycles. The SMILES string of the molecule is O=C(CO)N[C@H]1CC[C@H](CCN2CCC(c3noc4cc(F)c(F)cc34)CC2)CC1. The van der Waals surface area contributed by atoms with Crippen molar-refractivity contribution in [3.63, 3.8) is 0 Å². The highest BCUT2D eigenvalue weighted by Gasteiger charge is 2.27. The minimum absolute atomic E-state index is 0.201. The van der Waals surface area contributed by atoms with Crippen LogP contribution < -0.4 is 5.32 Å². The van der Waals surface area contributed by atoms with E-state index in [2.05, 4.69) is 15.4 Å². The van der Waals surface area contributed by atoms with Crippen LogP contribution in [0.15, 0.2) is 16.7 Å². The number of aliphatic hydroxyl groups excluding tert-OH is 1. The van der Waals surface area contributed by atoms with Crippen LogP contribution in [0, 0.1) is 17.6 Å². The molecule has 1 aromatic carbocycles. The molecule has 2 N–H and O–H groups in total. The van der Waals surface area contributed by atoms with Crippen molar-refractivity contribution >= 4 is 16.9 Å². The normalized spacial score (nSPS) is 23.7. The third kappa shape index (κ3) is 4.81. The van der Waals surface area contributed by atoms with Crippen molar-refractivity contribution in [2.75, 3.05) is 26.2 Å². The van der Waals surface area contributed by atoms with E-state index in [1.54, 1.807) is 0 Å². The number of hydrogen-bond acceptors (Lipinski definition) is 5. The summed E-state index contributed by atoms with van der Waals surface area (Å²) in [5.41, 5.74) is 1.05. The Morgan fingerprint density at radius 2 is 1.83 bits per heavy atom. The number of hydrogen-bond donors (Lipinski definition) is 2. The summed E-state index contributed by atoms with van der Waals surface area (Å²) in [5, 5.41) is 16.4. The average molecular weight is 421 g/mol. The molecule has 1 aliphatic heterocycles. The van der Waals surface area contributed by atoms with E-state index >= 15 is 0 Å². The first-order valence-corrected chi connectivity index (χ1v) is 10.9. The number of fused-ring (bicyclic) bond motifs is 1. The molecule has 164 valence electrons. The van der Waals surface area contributed by atoms with E-state index in [0.29, 0.717) is 16.9 Å². The number of piperidine rings is 1. The molecule has 0 bridgehead atoms. The number of amides is 1. The zero-order valence-electron chi connectivity index (χ0n) is 17.1. The second kappa shape index (κ2) is 9.39. The van der Waals surface area contributed by atoms with Gasteiger partial charge in [-0.15, -0.1) is 0 Å². The average Bonchev–Trinajstić information content (AvgIpc) is 3.16. The first-order valence-electron chi connectivity index (χ1n) is 10.9. The van der Waals surface area contributed by atoms with Crippen LogP contribution in [0.2, 0.25) is 0 Å². The second-order valence-electron chi connectivity index (χ2n) is 8.68. The minimum atomic E-state index is -0.912. The van der Waals surface area contributed by atoms with Gasteiger partial charge in [-0.3, -0.25) is 4.79 Å². The summed E-state index contributed by atoms with van der Waals surface area (Å²) in [6, 6.07) is 2.47. The molecular weight excluding hydrogens is 392 g/mol. The molecule has 1 amide bonds. The van der Waals surface area contributed by atoms with Crippen LogP contribution in [0.5, 0.6) is 0 Å². The first-order chi connectivity index (χ1) is 14.5. The number of likely N-dealkylation sites (tertiary alicyclic amines) is 1. The van der Waals surface area contributed by atoms with E-state index in [-0.39, 0.29) is 17.9 Å². The minimum Gasteiger partial charge on any atom is -0.387 e. The van der Waals surface area contributed by atoms with Gasteiger partial charge < -0.3 is 19.8 Å². The van der Waals surface area contributed by atoms with Crippen molar-refractivity contribution < 1.29 is 23.2 Å².